The second-order valence-electron chi connectivity index (χ2n) is 8.12. The summed E-state index contributed by atoms with van der Waals surface area (Å²) in [6.45, 7) is 0.435. The van der Waals surface area contributed by atoms with Crippen LogP contribution in [0.4, 0.5) is 10.5 Å². The number of hydrogen-bond donors (Lipinski definition) is 1. The molecule has 1 N–H and O–H groups in total. The summed E-state index contributed by atoms with van der Waals surface area (Å²) in [7, 11) is 0. The minimum atomic E-state index is -0.557. The monoisotopic (exact) mass is 461 g/mol. The Labute approximate surface area is 195 Å². The van der Waals surface area contributed by atoms with Crippen molar-refractivity contribution in [1.82, 2.24) is 10.2 Å². The van der Waals surface area contributed by atoms with Gasteiger partial charge in [-0.1, -0.05) is 24.3 Å². The van der Waals surface area contributed by atoms with Gasteiger partial charge >= 0.3 is 6.03 Å². The zero-order chi connectivity index (χ0) is 22.8. The van der Waals surface area contributed by atoms with E-state index >= 15 is 0 Å². The first-order chi connectivity index (χ1) is 16.1. The average Bonchev–Trinajstić information content (AvgIpc) is 3.41. The van der Waals surface area contributed by atoms with Gasteiger partial charge < -0.3 is 15.0 Å². The van der Waals surface area contributed by atoms with Crippen molar-refractivity contribution in [2.75, 3.05) is 11.4 Å². The molecule has 2 aliphatic heterocycles. The first kappa shape index (κ1) is 21.2. The molecule has 2 saturated heterocycles. The van der Waals surface area contributed by atoms with Crippen molar-refractivity contribution in [2.24, 2.45) is 0 Å². The fourth-order valence-corrected chi connectivity index (χ4v) is 5.01. The van der Waals surface area contributed by atoms with Crippen molar-refractivity contribution in [1.29, 1.82) is 0 Å². The van der Waals surface area contributed by atoms with E-state index in [9.17, 15) is 14.4 Å². The van der Waals surface area contributed by atoms with E-state index in [1.807, 2.05) is 47.8 Å². The predicted octanol–water partition coefficient (Wildman–Crippen LogP) is 4.20. The SMILES string of the molecule is O=C(Cc1cccs1)N[C@H]1CCN2C(=O)N(c3ccc(Oc4ccccc4)cc3)C(=O)[C@H]2C1. The number of nitrogens with zero attached hydrogens (tertiary/aromatic N) is 2. The first-order valence-electron chi connectivity index (χ1n) is 10.9. The van der Waals surface area contributed by atoms with Crippen molar-refractivity contribution >= 4 is 34.9 Å². The summed E-state index contributed by atoms with van der Waals surface area (Å²) in [4.78, 5) is 42.3. The summed E-state index contributed by atoms with van der Waals surface area (Å²) in [5.74, 6) is 1.02. The fraction of sp³-hybridized carbons (Fsp3) is 0.240. The van der Waals surface area contributed by atoms with Crippen LogP contribution in [-0.4, -0.2) is 41.4 Å². The van der Waals surface area contributed by atoms with E-state index < -0.39 is 6.04 Å². The molecule has 2 aromatic carbocycles. The van der Waals surface area contributed by atoms with Crippen LogP contribution in [0.1, 0.15) is 17.7 Å². The van der Waals surface area contributed by atoms with Crippen molar-refractivity contribution in [2.45, 2.75) is 31.3 Å². The van der Waals surface area contributed by atoms with Gasteiger partial charge in [-0.25, -0.2) is 9.69 Å². The molecule has 0 spiro atoms. The molecule has 2 aliphatic rings. The molecule has 0 saturated carbocycles. The molecule has 8 heteroatoms. The third kappa shape index (κ3) is 4.47. The number of rotatable bonds is 6. The zero-order valence-corrected chi connectivity index (χ0v) is 18.7. The number of urea groups is 1. The van der Waals surface area contributed by atoms with E-state index in [4.69, 9.17) is 4.74 Å². The highest BCUT2D eigenvalue weighted by molar-refractivity contribution is 7.10. The molecule has 2 atom stereocenters. The molecule has 7 nitrogen and oxygen atoms in total. The highest BCUT2D eigenvalue weighted by Crippen LogP contribution is 2.32. The van der Waals surface area contributed by atoms with E-state index in [2.05, 4.69) is 5.32 Å². The summed E-state index contributed by atoms with van der Waals surface area (Å²) < 4.78 is 5.79. The highest BCUT2D eigenvalue weighted by atomic mass is 32.1. The Kier molecular flexibility index (Phi) is 5.83. The number of anilines is 1. The molecule has 0 aliphatic carbocycles. The lowest BCUT2D eigenvalue weighted by molar-refractivity contribution is -0.124. The number of amides is 4. The highest BCUT2D eigenvalue weighted by Gasteiger charge is 2.48. The Hall–Kier alpha value is -3.65. The second kappa shape index (κ2) is 9.07. The summed E-state index contributed by atoms with van der Waals surface area (Å²) in [5.41, 5.74) is 0.512. The van der Waals surface area contributed by atoms with Gasteiger partial charge in [0.15, 0.2) is 0 Å². The second-order valence-corrected chi connectivity index (χ2v) is 9.15. The molecule has 0 radical (unpaired) electrons. The molecule has 5 rings (SSSR count). The molecule has 2 fully saturated rings. The van der Waals surface area contributed by atoms with Gasteiger partial charge in [0.2, 0.25) is 5.91 Å². The number of thiophene rings is 1. The van der Waals surface area contributed by atoms with Crippen molar-refractivity contribution in [3.63, 3.8) is 0 Å². The molecule has 1 aromatic heterocycles. The molecule has 0 bridgehead atoms. The number of nitrogens with one attached hydrogen (secondary N) is 1. The number of carbonyl (C=O) groups is 3. The van der Waals surface area contributed by atoms with E-state index in [-0.39, 0.29) is 23.9 Å². The third-order valence-electron chi connectivity index (χ3n) is 5.90. The Morgan fingerprint density at radius 3 is 2.48 bits per heavy atom. The van der Waals surface area contributed by atoms with E-state index in [1.165, 1.54) is 4.90 Å². The maximum atomic E-state index is 13.1. The number of fused-ring (bicyclic) bond motifs is 1. The third-order valence-corrected chi connectivity index (χ3v) is 6.78. The van der Waals surface area contributed by atoms with Crippen molar-refractivity contribution in [3.05, 3.63) is 77.0 Å². The van der Waals surface area contributed by atoms with E-state index in [1.54, 1.807) is 40.5 Å². The van der Waals surface area contributed by atoms with Crippen LogP contribution in [0.25, 0.3) is 0 Å². The summed E-state index contributed by atoms with van der Waals surface area (Å²) in [5, 5.41) is 4.98. The Balaban J connectivity index is 1.23. The van der Waals surface area contributed by atoms with Crippen LogP contribution < -0.4 is 15.0 Å². The van der Waals surface area contributed by atoms with Crippen LogP contribution in [0.5, 0.6) is 11.5 Å². The van der Waals surface area contributed by atoms with Gasteiger partial charge in [0.05, 0.1) is 12.1 Å². The van der Waals surface area contributed by atoms with Crippen LogP contribution in [0.2, 0.25) is 0 Å². The fourth-order valence-electron chi connectivity index (χ4n) is 4.31. The Morgan fingerprint density at radius 1 is 1.00 bits per heavy atom. The number of carbonyl (C=O) groups excluding carboxylic acids is 3. The molecular weight excluding hydrogens is 438 g/mol. The molecule has 4 amide bonds. The Bertz CT molecular complexity index is 1150. The molecule has 3 aromatic rings. The van der Waals surface area contributed by atoms with Gasteiger partial charge in [-0.15, -0.1) is 11.3 Å². The van der Waals surface area contributed by atoms with E-state index in [0.717, 1.165) is 4.88 Å². The number of ether oxygens (including phenoxy) is 1. The summed E-state index contributed by atoms with van der Waals surface area (Å²) in [6.07, 6.45) is 1.38. The maximum Gasteiger partial charge on any atom is 0.332 e. The van der Waals surface area contributed by atoms with Gasteiger partial charge in [0.1, 0.15) is 17.5 Å². The zero-order valence-electron chi connectivity index (χ0n) is 17.8. The number of benzene rings is 2. The normalized spacial score (nSPS) is 20.0. The van der Waals surface area contributed by atoms with Gasteiger partial charge in [0, 0.05) is 17.5 Å². The lowest BCUT2D eigenvalue weighted by Gasteiger charge is -2.32. The van der Waals surface area contributed by atoms with Gasteiger partial charge in [-0.05, 0) is 60.7 Å². The van der Waals surface area contributed by atoms with Crippen molar-refractivity contribution in [3.8, 4) is 11.5 Å². The lowest BCUT2D eigenvalue weighted by atomic mass is 9.97. The van der Waals surface area contributed by atoms with Crippen LogP contribution in [0, 0.1) is 0 Å². The first-order valence-corrected chi connectivity index (χ1v) is 11.8. The van der Waals surface area contributed by atoms with Gasteiger partial charge in [0.25, 0.3) is 5.91 Å². The molecule has 33 heavy (non-hydrogen) atoms. The van der Waals surface area contributed by atoms with Crippen molar-refractivity contribution < 1.29 is 19.1 Å². The minimum Gasteiger partial charge on any atom is -0.457 e. The van der Waals surface area contributed by atoms with Crippen LogP contribution in [0.3, 0.4) is 0 Å². The van der Waals surface area contributed by atoms with Crippen LogP contribution >= 0.6 is 11.3 Å². The lowest BCUT2D eigenvalue weighted by Crippen LogP contribution is -2.50. The topological polar surface area (TPSA) is 79.0 Å². The Morgan fingerprint density at radius 2 is 1.76 bits per heavy atom. The predicted molar refractivity (Wildman–Crippen MR) is 126 cm³/mol. The van der Waals surface area contributed by atoms with Gasteiger partial charge in [-0.2, -0.15) is 0 Å². The molecular formula is C25H23N3O4S. The quantitative estimate of drug-likeness (QED) is 0.558. The number of hydrogen-bond acceptors (Lipinski definition) is 5. The van der Waals surface area contributed by atoms with Crippen LogP contribution in [-0.2, 0) is 16.0 Å². The van der Waals surface area contributed by atoms with Crippen LogP contribution in [0.15, 0.2) is 72.1 Å². The molecule has 168 valence electrons. The largest absolute Gasteiger partial charge is 0.457 e. The number of imide groups is 1. The standard InChI is InChI=1S/C25H23N3O4S/c29-23(16-21-7-4-14-33-21)26-17-12-13-27-22(15-17)24(30)28(25(27)31)18-8-10-20(11-9-18)32-19-5-2-1-3-6-19/h1-11,14,17,22H,12-13,15-16H2,(H,26,29)/t17-,22+/m0/s1. The smallest absolute Gasteiger partial charge is 0.332 e. The minimum absolute atomic E-state index is 0.0569. The van der Waals surface area contributed by atoms with Gasteiger partial charge in [-0.3, -0.25) is 9.59 Å². The maximum absolute atomic E-state index is 13.1. The summed E-state index contributed by atoms with van der Waals surface area (Å²) >= 11 is 1.55. The number of piperidine rings is 1. The summed E-state index contributed by atoms with van der Waals surface area (Å²) in [6, 6.07) is 19.2. The molecule has 0 unspecified atom stereocenters. The molecule has 3 heterocycles. The number of para-hydroxylation sites is 1. The van der Waals surface area contributed by atoms with E-state index in [0.29, 0.717) is 43.0 Å². The average molecular weight is 462 g/mol.